The zero-order chi connectivity index (χ0) is 18.3. The molecule has 0 unspecified atom stereocenters. The number of hydrogen-bond donors (Lipinski definition) is 2. The summed E-state index contributed by atoms with van der Waals surface area (Å²) in [4.78, 5) is 11.9. The summed E-state index contributed by atoms with van der Waals surface area (Å²) < 4.78 is 26.6. The fourth-order valence-corrected chi connectivity index (χ4v) is 3.69. The monoisotopic (exact) mass is 400 g/mol. The van der Waals surface area contributed by atoms with Crippen molar-refractivity contribution in [1.82, 2.24) is 10.0 Å². The molecule has 0 aliphatic heterocycles. The van der Waals surface area contributed by atoms with Crippen molar-refractivity contribution in [1.29, 1.82) is 0 Å². The van der Waals surface area contributed by atoms with Crippen LogP contribution in [-0.4, -0.2) is 27.4 Å². The Balaban J connectivity index is 1.73. The standard InChI is InChI=1S/C17H18Cl2N2O3S/c18-14-4-1-3-13(11-14)7-9-20-17(22)8-10-21-25(23,24)16-6-2-5-15(19)12-16/h1-6,11-12,21H,7-10H2,(H,20,22). The first-order valence-electron chi connectivity index (χ1n) is 7.63. The summed E-state index contributed by atoms with van der Waals surface area (Å²) in [5.41, 5.74) is 1.02. The average Bonchev–Trinajstić information content (AvgIpc) is 2.55. The molecular weight excluding hydrogens is 383 g/mol. The highest BCUT2D eigenvalue weighted by atomic mass is 35.5. The van der Waals surface area contributed by atoms with Crippen molar-refractivity contribution in [3.05, 3.63) is 64.1 Å². The molecule has 25 heavy (non-hydrogen) atoms. The van der Waals surface area contributed by atoms with E-state index in [0.29, 0.717) is 23.0 Å². The molecule has 0 saturated carbocycles. The second-order valence-corrected chi connectivity index (χ2v) is 7.97. The molecule has 0 bridgehead atoms. The minimum absolute atomic E-state index is 0.0118. The van der Waals surface area contributed by atoms with E-state index in [-0.39, 0.29) is 23.8 Å². The maximum Gasteiger partial charge on any atom is 0.240 e. The van der Waals surface area contributed by atoms with Gasteiger partial charge < -0.3 is 5.32 Å². The van der Waals surface area contributed by atoms with E-state index >= 15 is 0 Å². The highest BCUT2D eigenvalue weighted by Gasteiger charge is 2.14. The van der Waals surface area contributed by atoms with Crippen molar-refractivity contribution in [3.8, 4) is 0 Å². The predicted molar refractivity (Wildman–Crippen MR) is 99.4 cm³/mol. The first kappa shape index (κ1) is 19.7. The van der Waals surface area contributed by atoms with Crippen LogP contribution in [0.15, 0.2) is 53.4 Å². The Kier molecular flexibility index (Phi) is 7.25. The van der Waals surface area contributed by atoms with Crippen LogP contribution in [-0.2, 0) is 21.2 Å². The highest BCUT2D eigenvalue weighted by Crippen LogP contribution is 2.15. The Hall–Kier alpha value is -1.60. The molecular formula is C17H18Cl2N2O3S. The summed E-state index contributed by atoms with van der Waals surface area (Å²) in [6.45, 7) is 0.470. The minimum Gasteiger partial charge on any atom is -0.356 e. The van der Waals surface area contributed by atoms with Gasteiger partial charge in [-0.1, -0.05) is 41.4 Å². The summed E-state index contributed by atoms with van der Waals surface area (Å²) in [7, 11) is -3.68. The summed E-state index contributed by atoms with van der Waals surface area (Å²) in [6, 6.07) is 13.4. The van der Waals surface area contributed by atoms with Gasteiger partial charge in [-0.25, -0.2) is 13.1 Å². The number of nitrogens with one attached hydrogen (secondary N) is 2. The zero-order valence-corrected chi connectivity index (χ0v) is 15.7. The summed E-state index contributed by atoms with van der Waals surface area (Å²) in [5, 5.41) is 3.73. The first-order valence-corrected chi connectivity index (χ1v) is 9.87. The summed E-state index contributed by atoms with van der Waals surface area (Å²) >= 11 is 11.7. The van der Waals surface area contributed by atoms with Crippen LogP contribution in [0.1, 0.15) is 12.0 Å². The van der Waals surface area contributed by atoms with Crippen LogP contribution in [0.5, 0.6) is 0 Å². The van der Waals surface area contributed by atoms with Gasteiger partial charge in [-0.3, -0.25) is 4.79 Å². The molecule has 0 spiro atoms. The lowest BCUT2D eigenvalue weighted by Gasteiger charge is -2.08. The molecule has 0 aromatic heterocycles. The lowest BCUT2D eigenvalue weighted by molar-refractivity contribution is -0.120. The van der Waals surface area contributed by atoms with Crippen LogP contribution in [0.4, 0.5) is 0 Å². The highest BCUT2D eigenvalue weighted by molar-refractivity contribution is 7.89. The van der Waals surface area contributed by atoms with Crippen molar-refractivity contribution in [2.24, 2.45) is 0 Å². The molecule has 0 saturated heterocycles. The molecule has 2 aromatic carbocycles. The second-order valence-electron chi connectivity index (χ2n) is 5.34. The molecule has 2 N–H and O–H groups in total. The Labute approximate surface area is 157 Å². The van der Waals surface area contributed by atoms with E-state index < -0.39 is 10.0 Å². The second kappa shape index (κ2) is 9.20. The number of rotatable bonds is 8. The Morgan fingerprint density at radius 3 is 2.32 bits per heavy atom. The molecule has 0 atom stereocenters. The van der Waals surface area contributed by atoms with Crippen LogP contribution in [0.3, 0.4) is 0 Å². The molecule has 1 amide bonds. The SMILES string of the molecule is O=C(CCNS(=O)(=O)c1cccc(Cl)c1)NCCc1cccc(Cl)c1. The van der Waals surface area contributed by atoms with Crippen molar-refractivity contribution in [3.63, 3.8) is 0 Å². The molecule has 0 fully saturated rings. The van der Waals surface area contributed by atoms with Gasteiger partial charge in [-0.15, -0.1) is 0 Å². The van der Waals surface area contributed by atoms with E-state index in [0.717, 1.165) is 5.56 Å². The number of hydrogen-bond acceptors (Lipinski definition) is 3. The third-order valence-corrected chi connectivity index (χ3v) is 5.30. The van der Waals surface area contributed by atoms with Gasteiger partial charge in [0.1, 0.15) is 0 Å². The lowest BCUT2D eigenvalue weighted by atomic mass is 10.1. The van der Waals surface area contributed by atoms with Crippen LogP contribution >= 0.6 is 23.2 Å². The maximum atomic E-state index is 12.1. The number of carbonyl (C=O) groups is 1. The fourth-order valence-electron chi connectivity index (χ4n) is 2.14. The van der Waals surface area contributed by atoms with E-state index in [1.54, 1.807) is 18.2 Å². The fraction of sp³-hybridized carbons (Fsp3) is 0.235. The maximum absolute atomic E-state index is 12.1. The largest absolute Gasteiger partial charge is 0.356 e. The van der Waals surface area contributed by atoms with Crippen molar-refractivity contribution >= 4 is 39.1 Å². The van der Waals surface area contributed by atoms with E-state index in [1.807, 2.05) is 18.2 Å². The molecule has 134 valence electrons. The quantitative estimate of drug-likeness (QED) is 0.714. The average molecular weight is 401 g/mol. The van der Waals surface area contributed by atoms with E-state index in [4.69, 9.17) is 23.2 Å². The molecule has 0 aliphatic carbocycles. The molecule has 0 aliphatic rings. The van der Waals surface area contributed by atoms with Crippen LogP contribution in [0.2, 0.25) is 10.0 Å². The van der Waals surface area contributed by atoms with Gasteiger partial charge in [0, 0.05) is 29.6 Å². The van der Waals surface area contributed by atoms with Gasteiger partial charge in [-0.05, 0) is 42.3 Å². The van der Waals surface area contributed by atoms with Gasteiger partial charge in [0.05, 0.1) is 4.90 Å². The van der Waals surface area contributed by atoms with Crippen molar-refractivity contribution < 1.29 is 13.2 Å². The van der Waals surface area contributed by atoms with Gasteiger partial charge in [-0.2, -0.15) is 0 Å². The van der Waals surface area contributed by atoms with Gasteiger partial charge >= 0.3 is 0 Å². The minimum atomic E-state index is -3.68. The van der Waals surface area contributed by atoms with Crippen LogP contribution in [0.25, 0.3) is 0 Å². The smallest absolute Gasteiger partial charge is 0.240 e. The molecule has 2 aromatic rings. The van der Waals surface area contributed by atoms with E-state index in [9.17, 15) is 13.2 Å². The predicted octanol–water partition coefficient (Wildman–Crippen LogP) is 3.02. The van der Waals surface area contributed by atoms with E-state index in [2.05, 4.69) is 10.0 Å². The molecule has 2 rings (SSSR count). The van der Waals surface area contributed by atoms with Crippen molar-refractivity contribution in [2.45, 2.75) is 17.7 Å². The number of carbonyl (C=O) groups excluding carboxylic acids is 1. The van der Waals surface area contributed by atoms with Crippen LogP contribution < -0.4 is 10.0 Å². The number of amides is 1. The Bertz CT molecular complexity index is 841. The van der Waals surface area contributed by atoms with E-state index in [1.165, 1.54) is 12.1 Å². The normalized spacial score (nSPS) is 11.3. The Morgan fingerprint density at radius 2 is 1.64 bits per heavy atom. The molecule has 8 heteroatoms. The molecule has 5 nitrogen and oxygen atoms in total. The topological polar surface area (TPSA) is 75.3 Å². The summed E-state index contributed by atoms with van der Waals surface area (Å²) in [6.07, 6.45) is 0.704. The third-order valence-electron chi connectivity index (χ3n) is 3.38. The van der Waals surface area contributed by atoms with Gasteiger partial charge in [0.2, 0.25) is 15.9 Å². The van der Waals surface area contributed by atoms with Gasteiger partial charge in [0.15, 0.2) is 0 Å². The van der Waals surface area contributed by atoms with Crippen molar-refractivity contribution in [2.75, 3.05) is 13.1 Å². The summed E-state index contributed by atoms with van der Waals surface area (Å²) in [5.74, 6) is -0.226. The zero-order valence-electron chi connectivity index (χ0n) is 13.3. The Morgan fingerprint density at radius 1 is 0.960 bits per heavy atom. The molecule has 0 radical (unpaired) electrons. The number of sulfonamides is 1. The van der Waals surface area contributed by atoms with Crippen LogP contribution in [0, 0.1) is 0 Å². The lowest BCUT2D eigenvalue weighted by Crippen LogP contribution is -2.31. The first-order chi connectivity index (χ1) is 11.9. The van der Waals surface area contributed by atoms with Gasteiger partial charge in [0.25, 0.3) is 0 Å². The molecule has 0 heterocycles. The number of halogens is 2. The number of benzene rings is 2. The third kappa shape index (κ3) is 6.66.